The predicted octanol–water partition coefficient (Wildman–Crippen LogP) is 2.18. The molecule has 1 aliphatic rings. The van der Waals surface area contributed by atoms with Gasteiger partial charge in [0.15, 0.2) is 0 Å². The maximum Gasteiger partial charge on any atom is 0.254 e. The van der Waals surface area contributed by atoms with Crippen molar-refractivity contribution in [3.63, 3.8) is 0 Å². The van der Waals surface area contributed by atoms with Crippen molar-refractivity contribution in [1.82, 2.24) is 5.32 Å². The first kappa shape index (κ1) is 12.9. The molecule has 0 saturated heterocycles. The van der Waals surface area contributed by atoms with E-state index in [2.05, 4.69) is 12.2 Å². The van der Waals surface area contributed by atoms with Crippen molar-refractivity contribution in [2.45, 2.75) is 46.5 Å². The largest absolute Gasteiger partial charge is 0.289 e. The van der Waals surface area contributed by atoms with Gasteiger partial charge in [0.1, 0.15) is 0 Å². The van der Waals surface area contributed by atoms with Crippen LogP contribution in [-0.4, -0.2) is 11.8 Å². The number of carbonyl (C=O) groups excluding carboxylic acids is 2. The smallest absolute Gasteiger partial charge is 0.254 e. The van der Waals surface area contributed by atoms with Gasteiger partial charge in [0, 0.05) is 11.6 Å². The van der Waals surface area contributed by atoms with Gasteiger partial charge in [0.2, 0.25) is 0 Å². The molecular weight excluding hydrogens is 178 g/mol. The summed E-state index contributed by atoms with van der Waals surface area (Å²) in [6, 6.07) is 0. The van der Waals surface area contributed by atoms with Crippen LogP contribution in [0.5, 0.6) is 0 Å². The lowest BCUT2D eigenvalue weighted by Crippen LogP contribution is -2.22. The Bertz CT molecular complexity index is 231. The molecule has 0 radical (unpaired) electrons. The van der Waals surface area contributed by atoms with E-state index in [9.17, 15) is 9.59 Å². The molecule has 0 bridgehead atoms. The third kappa shape index (κ3) is 4.21. The summed E-state index contributed by atoms with van der Waals surface area (Å²) in [7, 11) is 0. The number of unbranched alkanes of at least 4 members (excludes halogenated alkanes) is 2. The highest BCUT2D eigenvalue weighted by molar-refractivity contribution is 6.16. The van der Waals surface area contributed by atoms with Gasteiger partial charge in [-0.1, -0.05) is 33.6 Å². The minimum Gasteiger partial charge on any atom is -0.289 e. The minimum absolute atomic E-state index is 0.212. The SMILES string of the molecule is CC.CCCCCC1=CC(=O)NC1=O. The molecule has 0 spiro atoms. The summed E-state index contributed by atoms with van der Waals surface area (Å²) in [6.07, 6.45) is 5.36. The van der Waals surface area contributed by atoms with Crippen molar-refractivity contribution < 1.29 is 9.59 Å². The number of carbonyl (C=O) groups is 2. The molecule has 80 valence electrons. The number of amides is 2. The first-order valence-corrected chi connectivity index (χ1v) is 5.30. The van der Waals surface area contributed by atoms with Crippen molar-refractivity contribution in [3.05, 3.63) is 11.6 Å². The standard InChI is InChI=1S/C9H13NO2.C2H6/c1-2-3-4-5-7-6-8(11)10-9(7)12;1-2/h6H,2-5H2,1H3,(H,10,11,12);1-2H3. The van der Waals surface area contributed by atoms with E-state index in [1.54, 1.807) is 0 Å². The molecule has 3 heteroatoms. The van der Waals surface area contributed by atoms with Crippen LogP contribution in [-0.2, 0) is 9.59 Å². The molecule has 0 unspecified atom stereocenters. The zero-order valence-electron chi connectivity index (χ0n) is 9.22. The normalized spacial score (nSPS) is 14.4. The molecule has 1 aliphatic heterocycles. The summed E-state index contributed by atoms with van der Waals surface area (Å²) >= 11 is 0. The second-order valence-corrected chi connectivity index (χ2v) is 2.95. The van der Waals surface area contributed by atoms with Gasteiger partial charge < -0.3 is 0 Å². The monoisotopic (exact) mass is 197 g/mol. The Morgan fingerprint density at radius 1 is 1.21 bits per heavy atom. The number of hydrogen-bond donors (Lipinski definition) is 1. The second-order valence-electron chi connectivity index (χ2n) is 2.95. The number of nitrogens with one attached hydrogen (secondary N) is 1. The van der Waals surface area contributed by atoms with Gasteiger partial charge in [-0.2, -0.15) is 0 Å². The summed E-state index contributed by atoms with van der Waals surface area (Å²) in [5.74, 6) is -0.484. The molecule has 1 rings (SSSR count). The highest BCUT2D eigenvalue weighted by Gasteiger charge is 2.19. The molecule has 14 heavy (non-hydrogen) atoms. The van der Waals surface area contributed by atoms with Crippen LogP contribution in [0, 0.1) is 0 Å². The van der Waals surface area contributed by atoms with Crippen molar-refractivity contribution >= 4 is 11.8 Å². The highest BCUT2D eigenvalue weighted by Crippen LogP contribution is 2.12. The predicted molar refractivity (Wildman–Crippen MR) is 56.7 cm³/mol. The van der Waals surface area contributed by atoms with Gasteiger partial charge >= 0.3 is 0 Å². The third-order valence-corrected chi connectivity index (χ3v) is 1.88. The molecule has 3 nitrogen and oxygen atoms in total. The Kier molecular flexibility index (Phi) is 6.72. The van der Waals surface area contributed by atoms with Gasteiger partial charge in [-0.05, 0) is 12.8 Å². The molecule has 2 amide bonds. The van der Waals surface area contributed by atoms with E-state index in [0.717, 1.165) is 25.7 Å². The first-order valence-electron chi connectivity index (χ1n) is 5.30. The fraction of sp³-hybridized carbons (Fsp3) is 0.636. The quantitative estimate of drug-likeness (QED) is 0.554. The van der Waals surface area contributed by atoms with Crippen LogP contribution in [0.1, 0.15) is 46.5 Å². The molecule has 0 atom stereocenters. The number of rotatable bonds is 4. The van der Waals surface area contributed by atoms with Gasteiger partial charge in [0.25, 0.3) is 11.8 Å². The number of hydrogen-bond acceptors (Lipinski definition) is 2. The summed E-state index contributed by atoms with van der Waals surface area (Å²) in [5, 5.41) is 2.22. The van der Waals surface area contributed by atoms with Crippen LogP contribution in [0.3, 0.4) is 0 Å². The lowest BCUT2D eigenvalue weighted by Gasteiger charge is -1.97. The van der Waals surface area contributed by atoms with Crippen LogP contribution < -0.4 is 5.32 Å². The average Bonchev–Trinajstić information content (AvgIpc) is 2.49. The summed E-state index contributed by atoms with van der Waals surface area (Å²) in [6.45, 7) is 6.11. The van der Waals surface area contributed by atoms with E-state index in [1.807, 2.05) is 13.8 Å². The van der Waals surface area contributed by atoms with Crippen molar-refractivity contribution in [1.29, 1.82) is 0 Å². The summed E-state index contributed by atoms with van der Waals surface area (Å²) in [5.41, 5.74) is 0.633. The van der Waals surface area contributed by atoms with Crippen LogP contribution in [0.15, 0.2) is 11.6 Å². The maximum atomic E-state index is 11.0. The van der Waals surface area contributed by atoms with Crippen molar-refractivity contribution in [2.75, 3.05) is 0 Å². The molecule has 1 heterocycles. The Hall–Kier alpha value is -1.12. The Morgan fingerprint density at radius 2 is 1.86 bits per heavy atom. The lowest BCUT2D eigenvalue weighted by atomic mass is 10.1. The molecule has 0 aliphatic carbocycles. The minimum atomic E-state index is -0.272. The first-order chi connectivity index (χ1) is 6.74. The summed E-state index contributed by atoms with van der Waals surface area (Å²) in [4.78, 5) is 21.7. The fourth-order valence-corrected chi connectivity index (χ4v) is 1.20. The van der Waals surface area contributed by atoms with Crippen molar-refractivity contribution in [2.24, 2.45) is 0 Å². The van der Waals surface area contributed by atoms with Gasteiger partial charge in [-0.15, -0.1) is 0 Å². The molecule has 0 aromatic carbocycles. The Balaban J connectivity index is 0.000000791. The zero-order chi connectivity index (χ0) is 11.0. The molecule has 0 saturated carbocycles. The van der Waals surface area contributed by atoms with E-state index < -0.39 is 0 Å². The molecule has 0 aromatic heterocycles. The zero-order valence-corrected chi connectivity index (χ0v) is 9.22. The summed E-state index contributed by atoms with van der Waals surface area (Å²) < 4.78 is 0. The molecule has 0 aromatic rings. The van der Waals surface area contributed by atoms with Crippen LogP contribution in [0.2, 0.25) is 0 Å². The topological polar surface area (TPSA) is 46.2 Å². The Morgan fingerprint density at radius 3 is 2.29 bits per heavy atom. The maximum absolute atomic E-state index is 11.0. The third-order valence-electron chi connectivity index (χ3n) is 1.88. The van der Waals surface area contributed by atoms with E-state index in [4.69, 9.17) is 0 Å². The van der Waals surface area contributed by atoms with Gasteiger partial charge in [-0.3, -0.25) is 14.9 Å². The fourth-order valence-electron chi connectivity index (χ4n) is 1.20. The van der Waals surface area contributed by atoms with Crippen LogP contribution >= 0.6 is 0 Å². The van der Waals surface area contributed by atoms with Crippen LogP contribution in [0.4, 0.5) is 0 Å². The van der Waals surface area contributed by atoms with Crippen molar-refractivity contribution in [3.8, 4) is 0 Å². The molecular formula is C11H19NO2. The second kappa shape index (κ2) is 7.30. The van der Waals surface area contributed by atoms with E-state index >= 15 is 0 Å². The van der Waals surface area contributed by atoms with E-state index in [0.29, 0.717) is 5.57 Å². The molecule has 1 N–H and O–H groups in total. The van der Waals surface area contributed by atoms with Gasteiger partial charge in [-0.25, -0.2) is 0 Å². The lowest BCUT2D eigenvalue weighted by molar-refractivity contribution is -0.123. The van der Waals surface area contributed by atoms with E-state index in [-0.39, 0.29) is 11.8 Å². The van der Waals surface area contributed by atoms with E-state index in [1.165, 1.54) is 6.08 Å². The Labute approximate surface area is 85.6 Å². The highest BCUT2D eigenvalue weighted by atomic mass is 16.2. The molecule has 0 fully saturated rings. The number of imide groups is 1. The van der Waals surface area contributed by atoms with Crippen LogP contribution in [0.25, 0.3) is 0 Å². The van der Waals surface area contributed by atoms with Gasteiger partial charge in [0.05, 0.1) is 0 Å². The average molecular weight is 197 g/mol.